The number of benzene rings is 2. The van der Waals surface area contributed by atoms with Gasteiger partial charge in [0, 0.05) is 49.4 Å². The molecule has 1 N–H and O–H groups in total. The minimum absolute atomic E-state index is 0.0392. The number of thioether (sulfide) groups is 2. The van der Waals surface area contributed by atoms with Gasteiger partial charge in [-0.2, -0.15) is 0 Å². The fourth-order valence-corrected chi connectivity index (χ4v) is 15.0. The van der Waals surface area contributed by atoms with Crippen molar-refractivity contribution in [2.24, 2.45) is 29.2 Å². The van der Waals surface area contributed by atoms with E-state index in [1.54, 1.807) is 13.1 Å². The number of halogens is 1. The lowest BCUT2D eigenvalue weighted by atomic mass is 9.64. The maximum Gasteiger partial charge on any atom is 0.286 e. The van der Waals surface area contributed by atoms with Crippen LogP contribution in [0.3, 0.4) is 0 Å². The lowest BCUT2D eigenvalue weighted by Crippen LogP contribution is -2.56. The number of amides is 2. The number of carbonyl (C=O) groups is 2. The highest BCUT2D eigenvalue weighted by molar-refractivity contribution is 8.17. The highest BCUT2D eigenvalue weighted by Crippen LogP contribution is 2.54. The maximum absolute atomic E-state index is 14.9. The average Bonchev–Trinajstić information content (AvgIpc) is 3.50. The number of methoxy groups -OCH3 is 2. The average molecular weight is 855 g/mol. The number of carbonyl (C=O) groups excluding carboxylic acids is 2. The highest BCUT2D eigenvalue weighted by atomic mass is 35.5. The molecule has 2 aromatic carbocycles. The van der Waals surface area contributed by atoms with Gasteiger partial charge in [-0.3, -0.25) is 19.0 Å². The Morgan fingerprint density at radius 3 is 2.70 bits per heavy atom. The number of anilines is 1. The molecule has 1 spiro atoms. The number of rotatable bonds is 5. The second-order valence-corrected chi connectivity index (χ2v) is 21.5. The number of nitrogens with zero attached hydrogens (tertiary/aromatic N) is 4. The summed E-state index contributed by atoms with van der Waals surface area (Å²) in [5.41, 5.74) is 2.93. The van der Waals surface area contributed by atoms with Crippen molar-refractivity contribution in [1.82, 2.24) is 14.5 Å². The maximum atomic E-state index is 14.9. The largest absolute Gasteiger partial charge is 0.490 e. The van der Waals surface area contributed by atoms with Crippen LogP contribution in [0.2, 0.25) is 5.02 Å². The molecule has 2 bridgehead atoms. The standard InChI is InChI=1S/C42H52ClN5O6S3/c1-27-8-5-17-42(53-4,40-55-18-7-19-56-40)34-13-10-30(34)22-48-25-41(16-6-9-28-20-31(43)12-14-33(28)41)26-54-36-15-11-29(21-35(36)48)37(49)45-57(51,24-27)46-38(50)32-23-47(2)44-39(32)52-3/h5,11-12,14-15,17,20-21,23,27,30,34,40H,6-10,13,16,18-19,22,24-26H2,1-4H3,(H,45,46,49,50,51)/b17-5+/t27-,30-,34+,41-,42+,57?/m0/s1. The molecular weight excluding hydrogens is 802 g/mol. The Hall–Kier alpha value is -3.17. The van der Waals surface area contributed by atoms with Crippen molar-refractivity contribution in [1.29, 1.82) is 0 Å². The van der Waals surface area contributed by atoms with Crippen LogP contribution in [0.5, 0.6) is 11.6 Å². The van der Waals surface area contributed by atoms with Crippen molar-refractivity contribution < 1.29 is 28.0 Å². The van der Waals surface area contributed by atoms with Crippen LogP contribution >= 0.6 is 35.1 Å². The van der Waals surface area contributed by atoms with E-state index in [1.165, 1.54) is 35.5 Å². The van der Waals surface area contributed by atoms with Crippen LogP contribution in [0, 0.1) is 17.8 Å². The van der Waals surface area contributed by atoms with E-state index in [1.807, 2.05) is 55.8 Å². The third kappa shape index (κ3) is 7.97. The Morgan fingerprint density at radius 2 is 1.95 bits per heavy atom. The summed E-state index contributed by atoms with van der Waals surface area (Å²) in [6.45, 7) is 3.93. The number of hydrogen-bond donors (Lipinski definition) is 1. The Bertz CT molecular complexity index is 2180. The first kappa shape index (κ1) is 40.6. The third-order valence-electron chi connectivity index (χ3n) is 12.4. The first-order chi connectivity index (χ1) is 27.4. The fourth-order valence-electron chi connectivity index (χ4n) is 9.55. The summed E-state index contributed by atoms with van der Waals surface area (Å²) in [5, 5.41) is 4.93. The summed E-state index contributed by atoms with van der Waals surface area (Å²) in [5.74, 6) is 1.98. The molecule has 15 heteroatoms. The van der Waals surface area contributed by atoms with Gasteiger partial charge in [0.1, 0.15) is 26.8 Å². The molecule has 306 valence electrons. The lowest BCUT2D eigenvalue weighted by molar-refractivity contribution is -0.0638. The minimum Gasteiger partial charge on any atom is -0.490 e. The van der Waals surface area contributed by atoms with Crippen molar-refractivity contribution in [2.75, 3.05) is 56.1 Å². The zero-order valence-corrected chi connectivity index (χ0v) is 36.2. The summed E-state index contributed by atoms with van der Waals surface area (Å²) in [6.07, 6.45) is 12.8. The van der Waals surface area contributed by atoms with Gasteiger partial charge in [-0.05, 0) is 116 Å². The summed E-state index contributed by atoms with van der Waals surface area (Å²) in [7, 11) is 1.30. The van der Waals surface area contributed by atoms with Gasteiger partial charge >= 0.3 is 0 Å². The van der Waals surface area contributed by atoms with E-state index < -0.39 is 27.3 Å². The molecule has 3 aromatic rings. The molecule has 5 aliphatic rings. The van der Waals surface area contributed by atoms with Crippen LogP contribution in [0.4, 0.5) is 5.69 Å². The molecule has 4 heterocycles. The van der Waals surface area contributed by atoms with Crippen molar-refractivity contribution in [2.45, 2.75) is 67.5 Å². The van der Waals surface area contributed by atoms with Crippen LogP contribution in [0.15, 0.2) is 59.1 Å². The Morgan fingerprint density at radius 1 is 1.12 bits per heavy atom. The lowest BCUT2D eigenvalue weighted by Gasteiger charge is -2.53. The molecule has 11 nitrogen and oxygen atoms in total. The zero-order valence-electron chi connectivity index (χ0n) is 33.0. The summed E-state index contributed by atoms with van der Waals surface area (Å²) in [6, 6.07) is 11.6. The molecule has 1 saturated heterocycles. The van der Waals surface area contributed by atoms with Crippen LogP contribution in [-0.4, -0.2) is 87.2 Å². The third-order valence-corrected chi connectivity index (χ3v) is 17.9. The second-order valence-electron chi connectivity index (χ2n) is 16.3. The molecule has 2 amide bonds. The number of fused-ring (bicyclic) bond motifs is 4. The molecule has 2 fully saturated rings. The van der Waals surface area contributed by atoms with E-state index in [-0.39, 0.29) is 44.6 Å². The van der Waals surface area contributed by atoms with Gasteiger partial charge in [-0.25, -0.2) is 4.21 Å². The van der Waals surface area contributed by atoms with Crippen molar-refractivity contribution >= 4 is 62.5 Å². The normalized spacial score (nSPS) is 31.1. The number of allylic oxidation sites excluding steroid dienone is 1. The molecule has 3 aliphatic heterocycles. The molecule has 2 aliphatic carbocycles. The number of ether oxygens (including phenoxy) is 3. The predicted octanol–water partition coefficient (Wildman–Crippen LogP) is 7.71. The van der Waals surface area contributed by atoms with Gasteiger partial charge < -0.3 is 19.1 Å². The quantitative estimate of drug-likeness (QED) is 0.256. The van der Waals surface area contributed by atoms with Crippen molar-refractivity contribution in [3.05, 3.63) is 82.0 Å². The Labute approximate surface area is 349 Å². The summed E-state index contributed by atoms with van der Waals surface area (Å²) < 4.78 is 42.4. The molecule has 1 aromatic heterocycles. The molecule has 1 unspecified atom stereocenters. The predicted molar refractivity (Wildman–Crippen MR) is 229 cm³/mol. The van der Waals surface area contributed by atoms with Gasteiger partial charge in [-0.1, -0.05) is 36.7 Å². The fraction of sp³-hybridized carbons (Fsp3) is 0.548. The smallest absolute Gasteiger partial charge is 0.286 e. The highest BCUT2D eigenvalue weighted by Gasteiger charge is 2.53. The zero-order chi connectivity index (χ0) is 40.0. The number of aromatic nitrogens is 2. The molecule has 8 rings (SSSR count). The van der Waals surface area contributed by atoms with Crippen LogP contribution in [-0.2, 0) is 33.5 Å². The molecular formula is C42H52ClN5O6S3. The second kappa shape index (κ2) is 16.5. The summed E-state index contributed by atoms with van der Waals surface area (Å²) in [4.78, 5) is 30.4. The van der Waals surface area contributed by atoms with E-state index in [2.05, 4.69) is 43.4 Å². The Balaban J connectivity index is 1.24. The monoisotopic (exact) mass is 853 g/mol. The molecule has 57 heavy (non-hydrogen) atoms. The van der Waals surface area contributed by atoms with E-state index in [9.17, 15) is 13.8 Å². The van der Waals surface area contributed by atoms with E-state index in [0.29, 0.717) is 31.2 Å². The van der Waals surface area contributed by atoms with Gasteiger partial charge in [0.25, 0.3) is 11.8 Å². The van der Waals surface area contributed by atoms with Gasteiger partial charge in [-0.15, -0.1) is 33.0 Å². The van der Waals surface area contributed by atoms with E-state index in [4.69, 9.17) is 25.8 Å². The van der Waals surface area contributed by atoms with E-state index in [0.717, 1.165) is 60.9 Å². The van der Waals surface area contributed by atoms with Gasteiger partial charge in [0.05, 0.1) is 29.7 Å². The number of nitrogens with one attached hydrogen (secondary N) is 1. The van der Waals surface area contributed by atoms with Crippen LogP contribution in [0.25, 0.3) is 0 Å². The number of aryl methyl sites for hydroxylation is 2. The first-order valence-corrected chi connectivity index (χ1v) is 24.1. The molecule has 6 atom stereocenters. The van der Waals surface area contributed by atoms with Gasteiger partial charge in [0.15, 0.2) is 0 Å². The summed E-state index contributed by atoms with van der Waals surface area (Å²) >= 11 is 10.5. The molecule has 1 saturated carbocycles. The minimum atomic E-state index is -3.64. The van der Waals surface area contributed by atoms with Crippen LogP contribution in [0.1, 0.15) is 77.3 Å². The topological polar surface area (TPSA) is 124 Å². The van der Waals surface area contributed by atoms with Crippen LogP contribution < -0.4 is 19.1 Å². The van der Waals surface area contributed by atoms with Crippen molar-refractivity contribution in [3.63, 3.8) is 0 Å². The van der Waals surface area contributed by atoms with Crippen molar-refractivity contribution in [3.8, 4) is 11.6 Å². The first-order valence-electron chi connectivity index (χ1n) is 19.9. The Kier molecular flexibility index (Phi) is 11.7. The number of hydrogen-bond acceptors (Lipinski definition) is 10. The van der Waals surface area contributed by atoms with Gasteiger partial charge in [0.2, 0.25) is 5.88 Å². The SMILES string of the molecule is COc1nn(C)cc1C(=O)NS1(=O)=NC(=O)c2ccc3c(c2)N(C[C@@H]2CC[C@H]2[C@@](OC)(C2SCCCS2)/C=C/C[C@H](C)C1)C[C@@]1(CCCc2cc(Cl)ccc21)CO3. The van der Waals surface area contributed by atoms with E-state index >= 15 is 0 Å². The molecule has 0 radical (unpaired) electrons.